The molecule has 184 valence electrons. The lowest BCUT2D eigenvalue weighted by Gasteiger charge is -2.39. The molecule has 2 aromatic rings. The number of nitrogens with one attached hydrogen (secondary N) is 2. The second kappa shape index (κ2) is 10.9. The van der Waals surface area contributed by atoms with Crippen LogP contribution in [-0.2, 0) is 9.59 Å². The van der Waals surface area contributed by atoms with Gasteiger partial charge in [0.15, 0.2) is 0 Å². The number of anilines is 1. The van der Waals surface area contributed by atoms with Gasteiger partial charge >= 0.3 is 5.97 Å². The molecule has 0 aromatic heterocycles. The Hall–Kier alpha value is -3.15. The Kier molecular flexibility index (Phi) is 8.65. The lowest BCUT2D eigenvalue weighted by atomic mass is 9.65. The molecule has 0 heterocycles. The first kappa shape index (κ1) is 27.1. The van der Waals surface area contributed by atoms with E-state index in [1.807, 2.05) is 70.2 Å². The number of carboxylic acids is 1. The zero-order valence-corrected chi connectivity index (χ0v) is 21.4. The Bertz CT molecular complexity index is 1020. The quantitative estimate of drug-likeness (QED) is 0.541. The van der Waals surface area contributed by atoms with Crippen LogP contribution >= 0.6 is 0 Å². The van der Waals surface area contributed by atoms with Gasteiger partial charge < -0.3 is 15.7 Å². The van der Waals surface area contributed by atoms with Crippen LogP contribution in [0.1, 0.15) is 67.6 Å². The van der Waals surface area contributed by atoms with Crippen molar-refractivity contribution < 1.29 is 19.5 Å². The van der Waals surface area contributed by atoms with E-state index in [1.54, 1.807) is 0 Å². The average Bonchev–Trinajstić information content (AvgIpc) is 2.97. The van der Waals surface area contributed by atoms with Crippen LogP contribution in [0.3, 0.4) is 0 Å². The zero-order valence-electron chi connectivity index (χ0n) is 21.4. The molecule has 1 aliphatic rings. The third-order valence-corrected chi connectivity index (χ3v) is 7.65. The number of rotatable bonds is 5. The summed E-state index contributed by atoms with van der Waals surface area (Å²) in [6, 6.07) is 13.7. The van der Waals surface area contributed by atoms with Gasteiger partial charge in [-0.05, 0) is 68.2 Å². The maximum Gasteiger partial charge on any atom is 0.322 e. The summed E-state index contributed by atoms with van der Waals surface area (Å²) in [5, 5.41) is 14.0. The molecule has 34 heavy (non-hydrogen) atoms. The molecule has 1 fully saturated rings. The molecule has 0 saturated heterocycles. The first-order chi connectivity index (χ1) is 15.8. The fraction of sp³-hybridized carbons (Fsp3) is 0.464. The summed E-state index contributed by atoms with van der Waals surface area (Å²) in [5.74, 6) is -0.701. The molecule has 3 N–H and O–H groups in total. The van der Waals surface area contributed by atoms with Gasteiger partial charge in [0.2, 0.25) is 5.91 Å². The average molecular weight is 467 g/mol. The van der Waals surface area contributed by atoms with Crippen molar-refractivity contribution in [1.29, 1.82) is 0 Å². The highest BCUT2D eigenvalue weighted by atomic mass is 16.4. The maximum absolute atomic E-state index is 12.2. The van der Waals surface area contributed by atoms with E-state index in [1.165, 1.54) is 5.56 Å². The third-order valence-electron chi connectivity index (χ3n) is 7.65. The van der Waals surface area contributed by atoms with Crippen LogP contribution in [0, 0.1) is 37.5 Å². The number of hydrogen-bond donors (Lipinski definition) is 3. The molecule has 2 amide bonds. The summed E-state index contributed by atoms with van der Waals surface area (Å²) in [7, 11) is 0. The van der Waals surface area contributed by atoms with E-state index >= 15 is 0 Å². The molecule has 1 aliphatic carbocycles. The Labute approximate surface area is 203 Å². The lowest BCUT2D eigenvalue weighted by Crippen LogP contribution is -2.47. The largest absolute Gasteiger partial charge is 0.480 e. The minimum Gasteiger partial charge on any atom is -0.480 e. The SMILES string of the molecule is C[C@@H]1CC[C@@](C)(C(=O)NCC(=O)O)C1(C)C.Cc1ccc(NC(=O)c2c(C)cccc2C)cc1. The van der Waals surface area contributed by atoms with E-state index in [0.29, 0.717) is 5.92 Å². The van der Waals surface area contributed by atoms with Crippen molar-refractivity contribution >= 4 is 23.5 Å². The molecule has 2 atom stereocenters. The van der Waals surface area contributed by atoms with E-state index < -0.39 is 11.4 Å². The highest BCUT2D eigenvalue weighted by molar-refractivity contribution is 6.06. The monoisotopic (exact) mass is 466 g/mol. The summed E-state index contributed by atoms with van der Waals surface area (Å²) in [6.45, 7) is 13.9. The second-order valence-electron chi connectivity index (χ2n) is 10.2. The Balaban J connectivity index is 0.000000242. The van der Waals surface area contributed by atoms with Crippen LogP contribution in [0.25, 0.3) is 0 Å². The van der Waals surface area contributed by atoms with E-state index in [0.717, 1.165) is 35.2 Å². The Morgan fingerprint density at radius 3 is 2.00 bits per heavy atom. The first-order valence-electron chi connectivity index (χ1n) is 11.7. The van der Waals surface area contributed by atoms with Crippen LogP contribution in [-0.4, -0.2) is 29.4 Å². The van der Waals surface area contributed by atoms with Crippen molar-refractivity contribution in [2.24, 2.45) is 16.7 Å². The minimum absolute atomic E-state index is 0.0468. The molecular formula is C28H38N2O4. The van der Waals surface area contributed by atoms with Crippen LogP contribution in [0.4, 0.5) is 5.69 Å². The fourth-order valence-corrected chi connectivity index (χ4v) is 4.49. The normalized spacial score (nSPS) is 20.6. The minimum atomic E-state index is -0.999. The summed E-state index contributed by atoms with van der Waals surface area (Å²) >= 11 is 0. The standard InChI is InChI=1S/C16H17NO.C12H21NO3/c1-11-7-9-14(10-8-11)17-16(18)15-12(2)5-4-6-13(15)3;1-8-5-6-12(4,11(8,2)3)10(16)13-7-9(14)15/h4-10H,1-3H3,(H,17,18);8H,5-7H2,1-4H3,(H,13,16)(H,14,15)/t;8-,12+/m.1/s1. The number of benzene rings is 2. The van der Waals surface area contributed by atoms with Crippen molar-refractivity contribution in [2.75, 3.05) is 11.9 Å². The molecule has 6 nitrogen and oxygen atoms in total. The van der Waals surface area contributed by atoms with Crippen molar-refractivity contribution in [3.05, 3.63) is 64.7 Å². The van der Waals surface area contributed by atoms with Gasteiger partial charge in [0.25, 0.3) is 5.91 Å². The zero-order chi connectivity index (χ0) is 25.7. The number of hydrogen-bond acceptors (Lipinski definition) is 3. The van der Waals surface area contributed by atoms with Crippen LogP contribution in [0.5, 0.6) is 0 Å². The van der Waals surface area contributed by atoms with Crippen molar-refractivity contribution in [3.8, 4) is 0 Å². The van der Waals surface area contributed by atoms with Crippen LogP contribution in [0.2, 0.25) is 0 Å². The Morgan fingerprint density at radius 1 is 0.971 bits per heavy atom. The van der Waals surface area contributed by atoms with E-state index in [9.17, 15) is 14.4 Å². The van der Waals surface area contributed by atoms with Gasteiger partial charge in [-0.3, -0.25) is 14.4 Å². The molecule has 3 rings (SSSR count). The van der Waals surface area contributed by atoms with Gasteiger partial charge in [0.1, 0.15) is 6.54 Å². The number of aliphatic carboxylic acids is 1. The van der Waals surface area contributed by atoms with Gasteiger partial charge in [-0.25, -0.2) is 0 Å². The molecular weight excluding hydrogens is 428 g/mol. The van der Waals surface area contributed by atoms with Crippen LogP contribution < -0.4 is 10.6 Å². The number of carbonyl (C=O) groups excluding carboxylic acids is 2. The van der Waals surface area contributed by atoms with Crippen molar-refractivity contribution in [1.82, 2.24) is 5.32 Å². The molecule has 0 unspecified atom stereocenters. The third kappa shape index (κ3) is 6.04. The fourth-order valence-electron chi connectivity index (χ4n) is 4.49. The molecule has 0 aliphatic heterocycles. The second-order valence-corrected chi connectivity index (χ2v) is 10.2. The smallest absolute Gasteiger partial charge is 0.322 e. The molecule has 0 radical (unpaired) electrons. The van der Waals surface area contributed by atoms with Gasteiger partial charge in [-0.15, -0.1) is 0 Å². The summed E-state index contributed by atoms with van der Waals surface area (Å²) < 4.78 is 0. The van der Waals surface area contributed by atoms with E-state index in [2.05, 4.69) is 31.4 Å². The van der Waals surface area contributed by atoms with E-state index in [4.69, 9.17) is 5.11 Å². The summed E-state index contributed by atoms with van der Waals surface area (Å²) in [4.78, 5) is 34.7. The number of carboxylic acid groups (broad SMARTS) is 1. The van der Waals surface area contributed by atoms with Gasteiger partial charge in [-0.1, -0.05) is 63.6 Å². The predicted octanol–water partition coefficient (Wildman–Crippen LogP) is 5.51. The lowest BCUT2D eigenvalue weighted by molar-refractivity contribution is -0.142. The molecule has 0 spiro atoms. The predicted molar refractivity (Wildman–Crippen MR) is 136 cm³/mol. The van der Waals surface area contributed by atoms with Crippen molar-refractivity contribution in [3.63, 3.8) is 0 Å². The topological polar surface area (TPSA) is 95.5 Å². The van der Waals surface area contributed by atoms with Crippen LogP contribution in [0.15, 0.2) is 42.5 Å². The molecule has 6 heteroatoms. The molecule has 1 saturated carbocycles. The summed E-state index contributed by atoms with van der Waals surface area (Å²) in [6.07, 6.45) is 1.84. The number of aryl methyl sites for hydroxylation is 3. The van der Waals surface area contributed by atoms with Crippen molar-refractivity contribution in [2.45, 2.75) is 61.3 Å². The number of amides is 2. The maximum atomic E-state index is 12.2. The Morgan fingerprint density at radius 2 is 1.53 bits per heavy atom. The van der Waals surface area contributed by atoms with Gasteiger partial charge in [0.05, 0.1) is 5.41 Å². The van der Waals surface area contributed by atoms with E-state index in [-0.39, 0.29) is 23.8 Å². The van der Waals surface area contributed by atoms with Gasteiger partial charge in [0, 0.05) is 11.3 Å². The summed E-state index contributed by atoms with van der Waals surface area (Å²) in [5.41, 5.74) is 4.22. The molecule has 2 aromatic carbocycles. The number of carbonyl (C=O) groups is 3. The molecule has 0 bridgehead atoms. The van der Waals surface area contributed by atoms with Gasteiger partial charge in [-0.2, -0.15) is 0 Å². The first-order valence-corrected chi connectivity index (χ1v) is 11.7. The highest BCUT2D eigenvalue weighted by Crippen LogP contribution is 2.55. The highest BCUT2D eigenvalue weighted by Gasteiger charge is 2.54.